The zero-order valence-electron chi connectivity index (χ0n) is 12.8. The Morgan fingerprint density at radius 3 is 2.55 bits per heavy atom. The Labute approximate surface area is 130 Å². The summed E-state index contributed by atoms with van der Waals surface area (Å²) in [5, 5.41) is 0. The molecule has 114 valence electrons. The highest BCUT2D eigenvalue weighted by molar-refractivity contribution is 5.71. The Hall–Kier alpha value is -2.49. The van der Waals surface area contributed by atoms with E-state index in [1.807, 2.05) is 43.3 Å². The van der Waals surface area contributed by atoms with E-state index in [2.05, 4.69) is 12.1 Å². The topological polar surface area (TPSA) is 38.8 Å². The van der Waals surface area contributed by atoms with E-state index in [0.717, 1.165) is 22.4 Å². The standard InChI is InChI=1S/C18H19NO3/c1-13-11-19(18(20)22-13)12-14-7-9-15(10-8-14)16-5-3-4-6-17(16)21-2/h3-10,13H,11-12H2,1-2H3/t13-/m1/s1. The second-order valence-electron chi connectivity index (χ2n) is 5.47. The maximum absolute atomic E-state index is 11.6. The summed E-state index contributed by atoms with van der Waals surface area (Å²) in [6.07, 6.45) is -0.262. The van der Waals surface area contributed by atoms with Crippen LogP contribution >= 0.6 is 0 Å². The summed E-state index contributed by atoms with van der Waals surface area (Å²) in [5.74, 6) is 0.854. The molecular formula is C18H19NO3. The van der Waals surface area contributed by atoms with Gasteiger partial charge in [-0.25, -0.2) is 4.79 Å². The molecule has 0 bridgehead atoms. The zero-order chi connectivity index (χ0) is 15.5. The molecule has 1 fully saturated rings. The van der Waals surface area contributed by atoms with Crippen molar-refractivity contribution in [3.05, 3.63) is 54.1 Å². The van der Waals surface area contributed by atoms with Crippen LogP contribution in [0.25, 0.3) is 11.1 Å². The molecule has 1 amide bonds. The van der Waals surface area contributed by atoms with Gasteiger partial charge in [-0.15, -0.1) is 0 Å². The third-order valence-corrected chi connectivity index (χ3v) is 3.78. The van der Waals surface area contributed by atoms with E-state index in [9.17, 15) is 4.79 Å². The number of cyclic esters (lactones) is 1. The molecule has 0 radical (unpaired) electrons. The summed E-state index contributed by atoms with van der Waals surface area (Å²) in [5.41, 5.74) is 3.24. The van der Waals surface area contributed by atoms with Gasteiger partial charge in [0.05, 0.1) is 13.7 Å². The van der Waals surface area contributed by atoms with Gasteiger partial charge in [0.15, 0.2) is 0 Å². The average Bonchev–Trinajstić information content (AvgIpc) is 2.85. The van der Waals surface area contributed by atoms with Crippen LogP contribution in [0.3, 0.4) is 0 Å². The summed E-state index contributed by atoms with van der Waals surface area (Å²) in [4.78, 5) is 13.4. The number of carbonyl (C=O) groups is 1. The fourth-order valence-electron chi connectivity index (χ4n) is 2.69. The van der Waals surface area contributed by atoms with Crippen LogP contribution in [0, 0.1) is 0 Å². The highest BCUT2D eigenvalue weighted by Gasteiger charge is 2.27. The number of nitrogens with zero attached hydrogens (tertiary/aromatic N) is 1. The fourth-order valence-corrected chi connectivity index (χ4v) is 2.69. The van der Waals surface area contributed by atoms with Crippen molar-refractivity contribution in [1.29, 1.82) is 0 Å². The predicted molar refractivity (Wildman–Crippen MR) is 84.8 cm³/mol. The highest BCUT2D eigenvalue weighted by Crippen LogP contribution is 2.29. The summed E-state index contributed by atoms with van der Waals surface area (Å²) < 4.78 is 10.5. The number of benzene rings is 2. The van der Waals surface area contributed by atoms with Crippen LogP contribution < -0.4 is 4.74 Å². The number of ether oxygens (including phenoxy) is 2. The number of hydrogen-bond donors (Lipinski definition) is 0. The van der Waals surface area contributed by atoms with Crippen molar-refractivity contribution in [1.82, 2.24) is 4.90 Å². The molecule has 0 saturated carbocycles. The smallest absolute Gasteiger partial charge is 0.410 e. The molecule has 1 atom stereocenters. The van der Waals surface area contributed by atoms with Gasteiger partial charge < -0.3 is 14.4 Å². The third kappa shape index (κ3) is 2.91. The molecule has 0 aromatic heterocycles. The van der Waals surface area contributed by atoms with Crippen molar-refractivity contribution in [3.63, 3.8) is 0 Å². The lowest BCUT2D eigenvalue weighted by atomic mass is 10.0. The molecule has 0 spiro atoms. The largest absolute Gasteiger partial charge is 0.496 e. The second kappa shape index (κ2) is 6.10. The molecule has 1 aliphatic rings. The first-order valence-electron chi connectivity index (χ1n) is 7.35. The first kappa shape index (κ1) is 14.4. The van der Waals surface area contributed by atoms with E-state index < -0.39 is 0 Å². The lowest BCUT2D eigenvalue weighted by Crippen LogP contribution is -2.24. The number of rotatable bonds is 4. The summed E-state index contributed by atoms with van der Waals surface area (Å²) in [6, 6.07) is 16.1. The predicted octanol–water partition coefficient (Wildman–Crippen LogP) is 3.70. The van der Waals surface area contributed by atoms with E-state index in [4.69, 9.17) is 9.47 Å². The van der Waals surface area contributed by atoms with E-state index in [0.29, 0.717) is 13.1 Å². The number of amides is 1. The third-order valence-electron chi connectivity index (χ3n) is 3.78. The van der Waals surface area contributed by atoms with Crippen molar-refractivity contribution in [2.24, 2.45) is 0 Å². The summed E-state index contributed by atoms with van der Waals surface area (Å²) in [7, 11) is 1.67. The van der Waals surface area contributed by atoms with Crippen LogP contribution in [0.2, 0.25) is 0 Å². The van der Waals surface area contributed by atoms with Gasteiger partial charge in [-0.05, 0) is 24.1 Å². The van der Waals surface area contributed by atoms with Gasteiger partial charge in [0.2, 0.25) is 0 Å². The minimum Gasteiger partial charge on any atom is -0.496 e. The molecule has 22 heavy (non-hydrogen) atoms. The first-order chi connectivity index (χ1) is 10.7. The van der Waals surface area contributed by atoms with Gasteiger partial charge in [-0.2, -0.15) is 0 Å². The van der Waals surface area contributed by atoms with Gasteiger partial charge in [0.1, 0.15) is 11.9 Å². The van der Waals surface area contributed by atoms with Crippen LogP contribution in [-0.2, 0) is 11.3 Å². The van der Waals surface area contributed by atoms with Crippen molar-refractivity contribution < 1.29 is 14.3 Å². The first-order valence-corrected chi connectivity index (χ1v) is 7.35. The molecule has 2 aromatic rings. The van der Waals surface area contributed by atoms with Crippen molar-refractivity contribution in [3.8, 4) is 16.9 Å². The SMILES string of the molecule is COc1ccccc1-c1ccc(CN2C[C@@H](C)OC2=O)cc1. The maximum atomic E-state index is 11.6. The monoisotopic (exact) mass is 297 g/mol. The second-order valence-corrected chi connectivity index (χ2v) is 5.47. The quantitative estimate of drug-likeness (QED) is 0.863. The van der Waals surface area contributed by atoms with Crippen LogP contribution in [0.1, 0.15) is 12.5 Å². The average molecular weight is 297 g/mol. The van der Waals surface area contributed by atoms with E-state index >= 15 is 0 Å². The van der Waals surface area contributed by atoms with Crippen molar-refractivity contribution >= 4 is 6.09 Å². The van der Waals surface area contributed by atoms with Crippen molar-refractivity contribution in [2.45, 2.75) is 19.6 Å². The number of para-hydroxylation sites is 1. The van der Waals surface area contributed by atoms with E-state index in [1.54, 1.807) is 12.0 Å². The Kier molecular flexibility index (Phi) is 4.00. The summed E-state index contributed by atoms with van der Waals surface area (Å²) >= 11 is 0. The highest BCUT2D eigenvalue weighted by atomic mass is 16.6. The Morgan fingerprint density at radius 1 is 1.18 bits per heavy atom. The number of hydrogen-bond acceptors (Lipinski definition) is 3. The normalized spacial score (nSPS) is 17.5. The van der Waals surface area contributed by atoms with Gasteiger partial charge >= 0.3 is 6.09 Å². The van der Waals surface area contributed by atoms with Crippen LogP contribution in [0.4, 0.5) is 4.79 Å². The van der Waals surface area contributed by atoms with Crippen LogP contribution in [0.15, 0.2) is 48.5 Å². The van der Waals surface area contributed by atoms with Gasteiger partial charge in [0, 0.05) is 12.1 Å². The minimum atomic E-state index is -0.235. The van der Waals surface area contributed by atoms with Gasteiger partial charge in [0.25, 0.3) is 0 Å². The summed E-state index contributed by atoms with van der Waals surface area (Å²) in [6.45, 7) is 3.13. The number of carbonyl (C=O) groups excluding carboxylic acids is 1. The molecule has 3 rings (SSSR count). The molecule has 0 N–H and O–H groups in total. The van der Waals surface area contributed by atoms with Gasteiger partial charge in [-0.3, -0.25) is 0 Å². The Balaban J connectivity index is 1.77. The van der Waals surface area contributed by atoms with Crippen LogP contribution in [-0.4, -0.2) is 30.8 Å². The van der Waals surface area contributed by atoms with Crippen LogP contribution in [0.5, 0.6) is 5.75 Å². The lowest BCUT2D eigenvalue weighted by Gasteiger charge is -2.13. The Morgan fingerprint density at radius 2 is 1.91 bits per heavy atom. The van der Waals surface area contributed by atoms with Gasteiger partial charge in [-0.1, -0.05) is 42.5 Å². The lowest BCUT2D eigenvalue weighted by molar-refractivity contribution is 0.137. The molecule has 1 heterocycles. The molecular weight excluding hydrogens is 278 g/mol. The van der Waals surface area contributed by atoms with Crippen molar-refractivity contribution in [2.75, 3.05) is 13.7 Å². The molecule has 0 unspecified atom stereocenters. The molecule has 0 aliphatic carbocycles. The molecule has 2 aromatic carbocycles. The maximum Gasteiger partial charge on any atom is 0.410 e. The fraction of sp³-hybridized carbons (Fsp3) is 0.278. The number of methoxy groups -OCH3 is 1. The Bertz CT molecular complexity index is 666. The molecule has 4 nitrogen and oxygen atoms in total. The van der Waals surface area contributed by atoms with E-state index in [1.165, 1.54) is 0 Å². The molecule has 4 heteroatoms. The molecule has 1 aliphatic heterocycles. The van der Waals surface area contributed by atoms with E-state index in [-0.39, 0.29) is 12.2 Å². The zero-order valence-corrected chi connectivity index (χ0v) is 12.8. The molecule has 1 saturated heterocycles. The minimum absolute atomic E-state index is 0.0275.